The lowest BCUT2D eigenvalue weighted by molar-refractivity contribution is -0.755. The van der Waals surface area contributed by atoms with Crippen molar-refractivity contribution in [3.63, 3.8) is 0 Å². The molecule has 0 aliphatic carbocycles. The molecule has 0 aromatic carbocycles. The van der Waals surface area contributed by atoms with Crippen LogP contribution in [0.3, 0.4) is 0 Å². The van der Waals surface area contributed by atoms with Gasteiger partial charge in [-0.3, -0.25) is 0 Å². The van der Waals surface area contributed by atoms with E-state index in [0.717, 1.165) is 0 Å². The van der Waals surface area contributed by atoms with Crippen molar-refractivity contribution in [1.29, 1.82) is 0 Å². The Morgan fingerprint density at radius 2 is 2.30 bits per heavy atom. The SMILES string of the molecule is C=CC[NH+]([O-])C(=O)C(=C)C. The Labute approximate surface area is 60.2 Å². The molecule has 0 aromatic rings. The molecule has 1 N–H and O–H groups in total. The van der Waals surface area contributed by atoms with E-state index >= 15 is 0 Å². The second-order valence-electron chi connectivity index (χ2n) is 2.03. The van der Waals surface area contributed by atoms with Crippen LogP contribution in [0.15, 0.2) is 24.8 Å². The Hall–Kier alpha value is -0.930. The summed E-state index contributed by atoms with van der Waals surface area (Å²) in [6.45, 7) is 8.31. The van der Waals surface area contributed by atoms with E-state index < -0.39 is 11.0 Å². The van der Waals surface area contributed by atoms with Crippen molar-refractivity contribution in [2.75, 3.05) is 6.54 Å². The molecule has 1 unspecified atom stereocenters. The quantitative estimate of drug-likeness (QED) is 0.332. The van der Waals surface area contributed by atoms with Crippen LogP contribution in [-0.4, -0.2) is 12.5 Å². The van der Waals surface area contributed by atoms with Gasteiger partial charge in [-0.1, -0.05) is 13.2 Å². The standard InChI is InChI=1S/C7H11NO2/c1-4-5-8(10)7(9)6(2)3/h4,8H,1-2,5H2,3H3. The van der Waals surface area contributed by atoms with Crippen LogP contribution in [-0.2, 0) is 4.79 Å². The van der Waals surface area contributed by atoms with Crippen LogP contribution in [0.5, 0.6) is 0 Å². The van der Waals surface area contributed by atoms with Gasteiger partial charge in [-0.15, -0.1) is 0 Å². The summed E-state index contributed by atoms with van der Waals surface area (Å²) in [5, 5.41) is 10.3. The largest absolute Gasteiger partial charge is 0.626 e. The zero-order chi connectivity index (χ0) is 8.15. The minimum Gasteiger partial charge on any atom is -0.626 e. The molecular formula is C7H11NO2. The summed E-state index contributed by atoms with van der Waals surface area (Å²) >= 11 is 0. The van der Waals surface area contributed by atoms with Crippen molar-refractivity contribution >= 4 is 5.91 Å². The first-order valence-corrected chi connectivity index (χ1v) is 2.93. The smallest absolute Gasteiger partial charge is 0.339 e. The zero-order valence-corrected chi connectivity index (χ0v) is 6.02. The average Bonchev–Trinajstić information content (AvgIpc) is 1.87. The van der Waals surface area contributed by atoms with Crippen molar-refractivity contribution in [2.24, 2.45) is 0 Å². The fourth-order valence-electron chi connectivity index (χ4n) is 0.462. The Kier molecular flexibility index (Phi) is 3.61. The summed E-state index contributed by atoms with van der Waals surface area (Å²) < 4.78 is 0. The molecule has 0 rings (SSSR count). The third kappa shape index (κ3) is 2.57. The highest BCUT2D eigenvalue weighted by atomic mass is 16.5. The molecule has 0 radical (unpaired) electrons. The highest BCUT2D eigenvalue weighted by molar-refractivity contribution is 5.84. The number of amides is 1. The Morgan fingerprint density at radius 3 is 2.60 bits per heavy atom. The van der Waals surface area contributed by atoms with E-state index in [0.29, 0.717) is 0 Å². The molecule has 1 atom stereocenters. The van der Waals surface area contributed by atoms with Crippen molar-refractivity contribution in [3.05, 3.63) is 30.0 Å². The molecule has 0 fully saturated rings. The molecule has 0 bridgehead atoms. The Balaban J connectivity index is 3.94. The minimum absolute atomic E-state index is 0.103. The van der Waals surface area contributed by atoms with E-state index in [1.165, 1.54) is 13.0 Å². The van der Waals surface area contributed by atoms with Gasteiger partial charge in [0.1, 0.15) is 6.54 Å². The summed E-state index contributed by atoms with van der Waals surface area (Å²) in [4.78, 5) is 10.7. The van der Waals surface area contributed by atoms with Crippen molar-refractivity contribution in [3.8, 4) is 0 Å². The van der Waals surface area contributed by atoms with Gasteiger partial charge in [-0.2, -0.15) is 0 Å². The van der Waals surface area contributed by atoms with E-state index in [1.807, 2.05) is 0 Å². The van der Waals surface area contributed by atoms with Crippen molar-refractivity contribution < 1.29 is 9.86 Å². The highest BCUT2D eigenvalue weighted by Crippen LogP contribution is 1.79. The maximum absolute atomic E-state index is 10.7. The molecule has 0 aromatic heterocycles. The number of rotatable bonds is 3. The predicted octanol–water partition coefficient (Wildman–Crippen LogP) is -0.342. The highest BCUT2D eigenvalue weighted by Gasteiger charge is 2.08. The summed E-state index contributed by atoms with van der Waals surface area (Å²) in [5.41, 5.74) is 0.284. The predicted molar refractivity (Wildman–Crippen MR) is 39.2 cm³/mol. The van der Waals surface area contributed by atoms with E-state index in [2.05, 4.69) is 13.2 Å². The van der Waals surface area contributed by atoms with Crippen LogP contribution < -0.4 is 5.06 Å². The summed E-state index contributed by atoms with van der Waals surface area (Å²) in [6, 6.07) is 0. The van der Waals surface area contributed by atoms with Crippen LogP contribution in [0.2, 0.25) is 0 Å². The van der Waals surface area contributed by atoms with E-state index in [9.17, 15) is 10.0 Å². The fourth-order valence-corrected chi connectivity index (χ4v) is 0.462. The maximum atomic E-state index is 10.7. The van der Waals surface area contributed by atoms with Gasteiger partial charge in [-0.05, 0) is 13.0 Å². The molecular weight excluding hydrogens is 130 g/mol. The molecule has 0 saturated carbocycles. The first-order chi connectivity index (χ1) is 4.59. The average molecular weight is 141 g/mol. The maximum Gasteiger partial charge on any atom is 0.339 e. The number of nitrogens with one attached hydrogen (secondary N) is 1. The molecule has 10 heavy (non-hydrogen) atoms. The van der Waals surface area contributed by atoms with Gasteiger partial charge in [0.25, 0.3) is 0 Å². The van der Waals surface area contributed by atoms with Gasteiger partial charge in [-0.25, -0.2) is 4.79 Å². The second-order valence-corrected chi connectivity index (χ2v) is 2.03. The Bertz CT molecular complexity index is 163. The summed E-state index contributed by atoms with van der Waals surface area (Å²) in [5.74, 6) is -0.500. The van der Waals surface area contributed by atoms with E-state index in [1.54, 1.807) is 0 Å². The van der Waals surface area contributed by atoms with Crippen LogP contribution in [0, 0.1) is 5.21 Å². The molecule has 56 valence electrons. The lowest BCUT2D eigenvalue weighted by Crippen LogP contribution is -3.09. The summed E-state index contributed by atoms with van der Waals surface area (Å²) in [7, 11) is 0. The molecule has 0 heterocycles. The molecule has 1 amide bonds. The van der Waals surface area contributed by atoms with E-state index in [-0.39, 0.29) is 12.1 Å². The molecule has 0 saturated heterocycles. The number of quaternary nitrogens is 1. The van der Waals surface area contributed by atoms with Gasteiger partial charge in [0, 0.05) is 5.57 Å². The molecule has 0 spiro atoms. The Morgan fingerprint density at radius 1 is 1.80 bits per heavy atom. The third-order valence-corrected chi connectivity index (χ3v) is 0.971. The third-order valence-electron chi connectivity index (χ3n) is 0.971. The monoisotopic (exact) mass is 141 g/mol. The number of carbonyl (C=O) groups excluding carboxylic acids is 1. The molecule has 3 nitrogen and oxygen atoms in total. The first kappa shape index (κ1) is 9.07. The van der Waals surface area contributed by atoms with E-state index in [4.69, 9.17) is 0 Å². The van der Waals surface area contributed by atoms with Crippen molar-refractivity contribution in [2.45, 2.75) is 6.92 Å². The van der Waals surface area contributed by atoms with Gasteiger partial charge in [0.2, 0.25) is 0 Å². The normalized spacial score (nSPS) is 12.2. The zero-order valence-electron chi connectivity index (χ0n) is 6.02. The molecule has 0 aliphatic rings. The number of carbonyl (C=O) groups is 1. The first-order valence-electron chi connectivity index (χ1n) is 2.93. The lowest BCUT2D eigenvalue weighted by atomic mass is 10.3. The number of hydrogen-bond acceptors (Lipinski definition) is 2. The number of hydroxylamine groups is 2. The topological polar surface area (TPSA) is 44.6 Å². The fraction of sp³-hybridized carbons (Fsp3) is 0.286. The van der Waals surface area contributed by atoms with Gasteiger partial charge >= 0.3 is 5.91 Å². The van der Waals surface area contributed by atoms with Gasteiger partial charge in [0.15, 0.2) is 0 Å². The van der Waals surface area contributed by atoms with Crippen LogP contribution >= 0.6 is 0 Å². The number of hydrogen-bond donors (Lipinski definition) is 1. The van der Waals surface area contributed by atoms with Crippen LogP contribution in [0.4, 0.5) is 0 Å². The lowest BCUT2D eigenvalue weighted by Gasteiger charge is -2.16. The van der Waals surface area contributed by atoms with Crippen LogP contribution in [0.1, 0.15) is 6.92 Å². The minimum atomic E-state index is -0.500. The van der Waals surface area contributed by atoms with Crippen molar-refractivity contribution in [1.82, 2.24) is 0 Å². The van der Waals surface area contributed by atoms with Gasteiger partial charge in [0.05, 0.1) is 0 Å². The van der Waals surface area contributed by atoms with Gasteiger partial charge < -0.3 is 10.3 Å². The summed E-state index contributed by atoms with van der Waals surface area (Å²) in [6.07, 6.45) is 1.41. The molecule has 0 aliphatic heterocycles. The second kappa shape index (κ2) is 3.98. The van der Waals surface area contributed by atoms with Crippen LogP contribution in [0.25, 0.3) is 0 Å². The molecule has 3 heteroatoms.